The molecule has 18 heavy (non-hydrogen) atoms. The van der Waals surface area contributed by atoms with E-state index in [-0.39, 0.29) is 0 Å². The van der Waals surface area contributed by atoms with Gasteiger partial charge in [0.1, 0.15) is 0 Å². The van der Waals surface area contributed by atoms with Gasteiger partial charge in [0.05, 0.1) is 0 Å². The van der Waals surface area contributed by atoms with Crippen LogP contribution in [0, 0.1) is 27.7 Å². The monoisotopic (exact) mass is 242 g/mol. The van der Waals surface area contributed by atoms with Crippen molar-refractivity contribution in [2.45, 2.75) is 34.3 Å². The summed E-state index contributed by atoms with van der Waals surface area (Å²) >= 11 is 0. The first-order valence-electron chi connectivity index (χ1n) is 6.25. The van der Waals surface area contributed by atoms with Crippen LogP contribution in [0.3, 0.4) is 0 Å². The van der Waals surface area contributed by atoms with Crippen LogP contribution in [-0.4, -0.2) is 0 Å². The van der Waals surface area contributed by atoms with Crippen LogP contribution >= 0.6 is 0 Å². The summed E-state index contributed by atoms with van der Waals surface area (Å²) in [4.78, 5) is 5.87. The number of benzene rings is 1. The number of hydrogen-bond donors (Lipinski definition) is 0. The quantitative estimate of drug-likeness (QED) is 0.754. The molecule has 1 aromatic carbocycles. The van der Waals surface area contributed by atoms with Crippen molar-refractivity contribution in [1.82, 2.24) is 0 Å². The number of aryl methyl sites for hydroxylation is 4. The molecular weight excluding hydrogens is 222 g/mol. The lowest BCUT2D eigenvalue weighted by Gasteiger charge is -2.05. The van der Waals surface area contributed by atoms with E-state index in [9.17, 15) is 0 Å². The van der Waals surface area contributed by atoms with E-state index in [1.54, 1.807) is 0 Å². The van der Waals surface area contributed by atoms with Gasteiger partial charge < -0.3 is 0 Å². The van der Waals surface area contributed by atoms with Crippen LogP contribution in [0.25, 0.3) is 0 Å². The van der Waals surface area contributed by atoms with E-state index >= 15 is 0 Å². The molecule has 0 aliphatic heterocycles. The van der Waals surface area contributed by atoms with Gasteiger partial charge in [-0.15, -0.1) is 0 Å². The van der Waals surface area contributed by atoms with Crippen LogP contribution in [0.5, 0.6) is 0 Å². The number of aromatic nitrogens is 1. The van der Waals surface area contributed by atoms with E-state index < -0.39 is 0 Å². The molecule has 0 aliphatic carbocycles. The number of hydrogen-bond acceptors (Lipinski definition) is 1. The summed E-state index contributed by atoms with van der Waals surface area (Å²) in [5.41, 5.74) is 5.97. The molecule has 0 atom stereocenters. The van der Waals surface area contributed by atoms with Gasteiger partial charge in [0, 0.05) is 30.7 Å². The molecule has 94 valence electrons. The summed E-state index contributed by atoms with van der Waals surface area (Å²) in [6.45, 7) is 8.91. The molecule has 2 rings (SSSR count). The van der Waals surface area contributed by atoms with Gasteiger partial charge in [-0.05, 0) is 25.0 Å². The molecule has 2 heteroatoms. The predicted octanol–water partition coefficient (Wildman–Crippen LogP) is 2.84. The van der Waals surface area contributed by atoms with Crippen LogP contribution in [-0.2, 0) is 6.61 Å². The standard InChI is InChI=1S/C16H20NO/c1-12-5-7-16(8-6-12)11-18-17-14(3)9-13(2)10-15(17)4/h5-10H,11H2,1-4H3/q+1. The van der Waals surface area contributed by atoms with E-state index in [1.165, 1.54) is 16.7 Å². The summed E-state index contributed by atoms with van der Waals surface area (Å²) in [6, 6.07) is 12.7. The predicted molar refractivity (Wildman–Crippen MR) is 72.3 cm³/mol. The fraction of sp³-hybridized carbons (Fsp3) is 0.312. The highest BCUT2D eigenvalue weighted by molar-refractivity contribution is 5.20. The van der Waals surface area contributed by atoms with Crippen LogP contribution in [0.15, 0.2) is 36.4 Å². The Hall–Kier alpha value is -1.83. The Morgan fingerprint density at radius 1 is 0.833 bits per heavy atom. The Balaban J connectivity index is 2.13. The second-order valence-corrected chi connectivity index (χ2v) is 4.87. The van der Waals surface area contributed by atoms with Crippen molar-refractivity contribution in [2.75, 3.05) is 0 Å². The van der Waals surface area contributed by atoms with Crippen LogP contribution in [0.1, 0.15) is 28.1 Å². The third kappa shape index (κ3) is 2.89. The molecule has 0 fully saturated rings. The molecule has 1 aromatic heterocycles. The van der Waals surface area contributed by atoms with Gasteiger partial charge in [0.15, 0.2) is 6.61 Å². The minimum Gasteiger partial charge on any atom is -0.266 e. The van der Waals surface area contributed by atoms with E-state index in [1.807, 2.05) is 4.73 Å². The number of rotatable bonds is 3. The van der Waals surface area contributed by atoms with Gasteiger partial charge in [-0.25, -0.2) is 0 Å². The molecule has 2 aromatic rings. The topological polar surface area (TPSA) is 13.1 Å². The minimum atomic E-state index is 0.593. The van der Waals surface area contributed by atoms with Crippen LogP contribution < -0.4 is 9.57 Å². The lowest BCUT2D eigenvalue weighted by Crippen LogP contribution is -2.47. The highest BCUT2D eigenvalue weighted by atomic mass is 16.7. The van der Waals surface area contributed by atoms with E-state index in [0.717, 1.165) is 11.4 Å². The molecule has 0 spiro atoms. The first kappa shape index (κ1) is 12.6. The average Bonchev–Trinajstić information content (AvgIpc) is 2.30. The summed E-state index contributed by atoms with van der Waals surface area (Å²) < 4.78 is 1.90. The molecule has 0 N–H and O–H groups in total. The van der Waals surface area contributed by atoms with Crippen molar-refractivity contribution in [3.63, 3.8) is 0 Å². The molecule has 0 amide bonds. The Morgan fingerprint density at radius 2 is 1.39 bits per heavy atom. The van der Waals surface area contributed by atoms with Crippen molar-refractivity contribution in [3.8, 4) is 0 Å². The maximum absolute atomic E-state index is 5.87. The second kappa shape index (κ2) is 5.21. The van der Waals surface area contributed by atoms with Crippen molar-refractivity contribution in [1.29, 1.82) is 0 Å². The molecule has 0 aliphatic rings. The van der Waals surface area contributed by atoms with Crippen LogP contribution in [0.4, 0.5) is 0 Å². The van der Waals surface area contributed by atoms with E-state index in [4.69, 9.17) is 4.84 Å². The Labute approximate surface area is 109 Å². The fourth-order valence-corrected chi connectivity index (χ4v) is 2.12. The zero-order chi connectivity index (χ0) is 13.1. The molecule has 0 saturated heterocycles. The van der Waals surface area contributed by atoms with E-state index in [0.29, 0.717) is 6.61 Å². The maximum atomic E-state index is 5.87. The minimum absolute atomic E-state index is 0.593. The largest absolute Gasteiger partial charge is 0.266 e. The molecule has 0 saturated carbocycles. The lowest BCUT2D eigenvalue weighted by molar-refractivity contribution is -0.903. The molecule has 0 radical (unpaired) electrons. The molecular formula is C16H20NO+. The van der Waals surface area contributed by atoms with Crippen molar-refractivity contribution < 1.29 is 9.57 Å². The highest BCUT2D eigenvalue weighted by Gasteiger charge is 2.13. The molecule has 1 heterocycles. The number of pyridine rings is 1. The second-order valence-electron chi connectivity index (χ2n) is 4.87. The highest BCUT2D eigenvalue weighted by Crippen LogP contribution is 2.04. The van der Waals surface area contributed by atoms with Gasteiger partial charge >= 0.3 is 0 Å². The Bertz CT molecular complexity index is 521. The SMILES string of the molecule is Cc1ccc(CO[n+]2c(C)cc(C)cc2C)cc1. The van der Waals surface area contributed by atoms with Gasteiger partial charge in [-0.2, -0.15) is 0 Å². The maximum Gasteiger partial charge on any atom is 0.231 e. The summed E-state index contributed by atoms with van der Waals surface area (Å²) in [5.74, 6) is 0. The Kier molecular flexibility index (Phi) is 3.66. The first-order chi connectivity index (χ1) is 8.56. The summed E-state index contributed by atoms with van der Waals surface area (Å²) in [7, 11) is 0. The summed E-state index contributed by atoms with van der Waals surface area (Å²) in [5, 5.41) is 0. The van der Waals surface area contributed by atoms with Crippen molar-refractivity contribution in [2.24, 2.45) is 0 Å². The third-order valence-electron chi connectivity index (χ3n) is 2.99. The zero-order valence-electron chi connectivity index (χ0n) is 11.5. The zero-order valence-corrected chi connectivity index (χ0v) is 11.5. The van der Waals surface area contributed by atoms with Gasteiger partial charge in [0.25, 0.3) is 0 Å². The van der Waals surface area contributed by atoms with Gasteiger partial charge in [-0.3, -0.25) is 4.84 Å². The van der Waals surface area contributed by atoms with Gasteiger partial charge in [0.2, 0.25) is 11.4 Å². The first-order valence-corrected chi connectivity index (χ1v) is 6.25. The normalized spacial score (nSPS) is 10.4. The Morgan fingerprint density at radius 3 is 1.94 bits per heavy atom. The summed E-state index contributed by atoms with van der Waals surface area (Å²) in [6.07, 6.45) is 0. The lowest BCUT2D eigenvalue weighted by atomic mass is 10.2. The van der Waals surface area contributed by atoms with E-state index in [2.05, 4.69) is 64.1 Å². The smallest absolute Gasteiger partial charge is 0.231 e. The molecule has 0 bridgehead atoms. The van der Waals surface area contributed by atoms with Crippen molar-refractivity contribution in [3.05, 3.63) is 64.5 Å². The average molecular weight is 242 g/mol. The fourth-order valence-electron chi connectivity index (χ4n) is 2.12. The van der Waals surface area contributed by atoms with Crippen LogP contribution in [0.2, 0.25) is 0 Å². The molecule has 0 unspecified atom stereocenters. The third-order valence-corrected chi connectivity index (χ3v) is 2.99. The number of nitrogens with zero attached hydrogens (tertiary/aromatic N) is 1. The van der Waals surface area contributed by atoms with Gasteiger partial charge in [-0.1, -0.05) is 29.8 Å². The molecule has 2 nitrogen and oxygen atoms in total. The van der Waals surface area contributed by atoms with Crippen molar-refractivity contribution >= 4 is 0 Å².